The van der Waals surface area contributed by atoms with Gasteiger partial charge in [-0.15, -0.1) is 0 Å². The van der Waals surface area contributed by atoms with E-state index in [1.807, 2.05) is 0 Å². The van der Waals surface area contributed by atoms with Gasteiger partial charge >= 0.3 is 18.1 Å². The second kappa shape index (κ2) is 9.40. The maximum Gasteiger partial charge on any atom is 0.490 e. The van der Waals surface area contributed by atoms with Crippen molar-refractivity contribution in [2.24, 2.45) is 0 Å². The number of hydrogen-bond acceptors (Lipinski definition) is 3. The van der Waals surface area contributed by atoms with E-state index in [0.29, 0.717) is 10.0 Å². The Morgan fingerprint density at radius 1 is 1.17 bits per heavy atom. The highest BCUT2D eigenvalue weighted by Gasteiger charge is 2.38. The van der Waals surface area contributed by atoms with E-state index in [1.165, 1.54) is 12.1 Å². The number of aromatic carboxylic acids is 1. The number of rotatable bonds is 5. The highest BCUT2D eigenvalue weighted by Crippen LogP contribution is 2.16. The molecule has 0 aliphatic rings. The van der Waals surface area contributed by atoms with Crippen LogP contribution in [0.4, 0.5) is 22.0 Å². The number of halogens is 6. The highest BCUT2D eigenvalue weighted by atomic mass is 79.9. The average Bonchev–Trinajstić information content (AvgIpc) is 2.37. The quantitative estimate of drug-likeness (QED) is 0.652. The summed E-state index contributed by atoms with van der Waals surface area (Å²) in [5.41, 5.74) is 0.774. The second-order valence-corrected chi connectivity index (χ2v) is 4.89. The van der Waals surface area contributed by atoms with Gasteiger partial charge in [-0.2, -0.15) is 13.2 Å². The molecule has 0 aliphatic heterocycles. The van der Waals surface area contributed by atoms with E-state index < -0.39 is 31.1 Å². The lowest BCUT2D eigenvalue weighted by atomic mass is 10.1. The van der Waals surface area contributed by atoms with Gasteiger partial charge in [0.2, 0.25) is 0 Å². The zero-order valence-electron chi connectivity index (χ0n) is 11.2. The fraction of sp³-hybridized carbons (Fsp3) is 0.333. The fourth-order valence-electron chi connectivity index (χ4n) is 1.20. The third-order valence-electron chi connectivity index (χ3n) is 2.07. The normalized spacial score (nSPS) is 10.9. The molecule has 0 atom stereocenters. The van der Waals surface area contributed by atoms with Gasteiger partial charge in [0.05, 0.1) is 12.1 Å². The van der Waals surface area contributed by atoms with Crippen molar-refractivity contribution in [3.63, 3.8) is 0 Å². The predicted molar refractivity (Wildman–Crippen MR) is 72.5 cm³/mol. The number of carboxylic acids is 2. The third kappa shape index (κ3) is 9.79. The molecule has 0 bridgehead atoms. The molecular formula is C12H11BrF5NO4. The number of aliphatic carboxylic acids is 1. The first kappa shape index (κ1) is 21.2. The number of benzene rings is 1. The molecule has 0 saturated heterocycles. The smallest absolute Gasteiger partial charge is 0.478 e. The monoisotopic (exact) mass is 407 g/mol. The van der Waals surface area contributed by atoms with Gasteiger partial charge < -0.3 is 15.5 Å². The lowest BCUT2D eigenvalue weighted by Gasteiger charge is -2.06. The van der Waals surface area contributed by atoms with E-state index in [-0.39, 0.29) is 12.1 Å². The summed E-state index contributed by atoms with van der Waals surface area (Å²) in [7, 11) is 0. The van der Waals surface area contributed by atoms with Gasteiger partial charge in [-0.1, -0.05) is 15.9 Å². The van der Waals surface area contributed by atoms with Crippen LogP contribution in [0.3, 0.4) is 0 Å². The number of hydrogen-bond donors (Lipinski definition) is 3. The first-order valence-corrected chi connectivity index (χ1v) is 6.54. The van der Waals surface area contributed by atoms with Crippen molar-refractivity contribution in [2.75, 3.05) is 6.54 Å². The molecule has 0 aromatic heterocycles. The minimum absolute atomic E-state index is 0.128. The Hall–Kier alpha value is -1.75. The molecule has 0 spiro atoms. The first-order valence-electron chi connectivity index (χ1n) is 5.75. The molecule has 23 heavy (non-hydrogen) atoms. The molecule has 0 heterocycles. The Morgan fingerprint density at radius 3 is 2.09 bits per heavy atom. The van der Waals surface area contributed by atoms with Crippen molar-refractivity contribution in [3.8, 4) is 0 Å². The Labute approximate surface area is 135 Å². The Balaban J connectivity index is 0.000000585. The van der Waals surface area contributed by atoms with Gasteiger partial charge in [0.25, 0.3) is 6.43 Å². The minimum atomic E-state index is -5.08. The molecule has 3 N–H and O–H groups in total. The van der Waals surface area contributed by atoms with E-state index in [2.05, 4.69) is 21.2 Å². The molecule has 5 nitrogen and oxygen atoms in total. The number of carbonyl (C=O) groups is 2. The largest absolute Gasteiger partial charge is 0.490 e. The zero-order valence-corrected chi connectivity index (χ0v) is 12.8. The molecule has 1 aromatic rings. The van der Waals surface area contributed by atoms with E-state index in [0.717, 1.165) is 0 Å². The zero-order chi connectivity index (χ0) is 18.2. The van der Waals surface area contributed by atoms with Crippen LogP contribution in [0, 0.1) is 0 Å². The van der Waals surface area contributed by atoms with Crippen molar-refractivity contribution in [1.29, 1.82) is 0 Å². The maximum atomic E-state index is 11.9. The van der Waals surface area contributed by atoms with Gasteiger partial charge in [0.1, 0.15) is 0 Å². The lowest BCUT2D eigenvalue weighted by molar-refractivity contribution is -0.192. The lowest BCUT2D eigenvalue weighted by Crippen LogP contribution is -2.21. The van der Waals surface area contributed by atoms with Gasteiger partial charge in [0, 0.05) is 11.0 Å². The van der Waals surface area contributed by atoms with Crippen molar-refractivity contribution < 1.29 is 41.8 Å². The summed E-state index contributed by atoms with van der Waals surface area (Å²) >= 11 is 3.16. The molecule has 0 radical (unpaired) electrons. The second-order valence-electron chi connectivity index (χ2n) is 3.98. The summed E-state index contributed by atoms with van der Waals surface area (Å²) in [5.74, 6) is -3.80. The van der Waals surface area contributed by atoms with Crippen LogP contribution < -0.4 is 5.32 Å². The van der Waals surface area contributed by atoms with E-state index in [1.54, 1.807) is 6.07 Å². The Morgan fingerprint density at radius 2 is 1.70 bits per heavy atom. The molecule has 1 rings (SSSR count). The summed E-state index contributed by atoms with van der Waals surface area (Å²) in [6.45, 7) is -0.195. The van der Waals surface area contributed by atoms with Crippen molar-refractivity contribution in [1.82, 2.24) is 5.32 Å². The van der Waals surface area contributed by atoms with Crippen LogP contribution >= 0.6 is 15.9 Å². The van der Waals surface area contributed by atoms with Crippen LogP contribution in [-0.2, 0) is 11.3 Å². The SMILES string of the molecule is O=C(O)C(F)(F)F.O=C(O)c1cc(Br)cc(CNCC(F)F)c1. The first-order chi connectivity index (χ1) is 10.4. The number of carboxylic acid groups (broad SMARTS) is 2. The standard InChI is InChI=1S/C10H10BrF2NO2.C2HF3O2/c11-8-2-6(4-14-5-9(12)13)1-7(3-8)10(15)16;3-2(4,5)1(6)7/h1-3,9,14H,4-5H2,(H,15,16);(H,6,7). The molecule has 0 saturated carbocycles. The van der Waals surface area contributed by atoms with Gasteiger partial charge in [-0.25, -0.2) is 18.4 Å². The number of alkyl halides is 5. The predicted octanol–water partition coefficient (Wildman–Crippen LogP) is 3.14. The topological polar surface area (TPSA) is 86.6 Å². The number of nitrogens with one attached hydrogen (secondary N) is 1. The van der Waals surface area contributed by atoms with Crippen LogP contribution in [-0.4, -0.2) is 41.3 Å². The molecule has 1 aromatic carbocycles. The van der Waals surface area contributed by atoms with Crippen LogP contribution in [0.25, 0.3) is 0 Å². The van der Waals surface area contributed by atoms with Crippen LogP contribution in [0.1, 0.15) is 15.9 Å². The molecule has 0 fully saturated rings. The summed E-state index contributed by atoms with van der Waals surface area (Å²) in [4.78, 5) is 19.6. The van der Waals surface area contributed by atoms with Crippen molar-refractivity contribution in [3.05, 3.63) is 33.8 Å². The molecular weight excluding hydrogens is 397 g/mol. The average molecular weight is 408 g/mol. The van der Waals surface area contributed by atoms with Crippen LogP contribution in [0.2, 0.25) is 0 Å². The van der Waals surface area contributed by atoms with E-state index in [4.69, 9.17) is 15.0 Å². The third-order valence-corrected chi connectivity index (χ3v) is 2.53. The fourth-order valence-corrected chi connectivity index (χ4v) is 1.74. The van der Waals surface area contributed by atoms with Crippen molar-refractivity contribution in [2.45, 2.75) is 19.1 Å². The van der Waals surface area contributed by atoms with Crippen LogP contribution in [0.15, 0.2) is 22.7 Å². The van der Waals surface area contributed by atoms with Crippen LogP contribution in [0.5, 0.6) is 0 Å². The maximum absolute atomic E-state index is 11.9. The molecule has 11 heteroatoms. The minimum Gasteiger partial charge on any atom is -0.478 e. The molecule has 0 unspecified atom stereocenters. The van der Waals surface area contributed by atoms with E-state index in [9.17, 15) is 26.7 Å². The summed E-state index contributed by atoms with van der Waals surface area (Å²) < 4.78 is 56.1. The highest BCUT2D eigenvalue weighted by molar-refractivity contribution is 9.10. The van der Waals surface area contributed by atoms with Gasteiger partial charge in [0.15, 0.2) is 0 Å². The Bertz CT molecular complexity index is 551. The summed E-state index contributed by atoms with van der Waals surface area (Å²) in [5, 5.41) is 18.4. The van der Waals surface area contributed by atoms with E-state index >= 15 is 0 Å². The summed E-state index contributed by atoms with van der Waals surface area (Å²) in [6, 6.07) is 4.59. The van der Waals surface area contributed by atoms with Gasteiger partial charge in [-0.05, 0) is 23.8 Å². The summed E-state index contributed by atoms with van der Waals surface area (Å²) in [6.07, 6.45) is -7.49. The van der Waals surface area contributed by atoms with Gasteiger partial charge in [-0.3, -0.25) is 0 Å². The molecule has 130 valence electrons. The Kier molecular flexibility index (Phi) is 8.69. The van der Waals surface area contributed by atoms with Crippen molar-refractivity contribution >= 4 is 27.9 Å². The molecule has 0 amide bonds. The molecule has 0 aliphatic carbocycles.